The average molecular weight is 484 g/mol. The van der Waals surface area contributed by atoms with E-state index < -0.39 is 6.04 Å². The number of aromatic nitrogens is 3. The lowest BCUT2D eigenvalue weighted by molar-refractivity contribution is -0.133. The number of halogens is 1. The van der Waals surface area contributed by atoms with Gasteiger partial charge in [0.1, 0.15) is 16.9 Å². The maximum Gasteiger partial charge on any atom is 0.225 e. The van der Waals surface area contributed by atoms with Gasteiger partial charge in [0.05, 0.1) is 12.1 Å². The van der Waals surface area contributed by atoms with Gasteiger partial charge in [-0.2, -0.15) is 0 Å². The van der Waals surface area contributed by atoms with Gasteiger partial charge >= 0.3 is 0 Å². The van der Waals surface area contributed by atoms with Gasteiger partial charge in [0.25, 0.3) is 0 Å². The first-order valence-corrected chi connectivity index (χ1v) is 12.2. The molecule has 0 saturated carbocycles. The first-order chi connectivity index (χ1) is 15.8. The van der Waals surface area contributed by atoms with Gasteiger partial charge in [-0.15, -0.1) is 21.5 Å². The number of nitrogens with two attached hydrogens (primary N) is 1. The van der Waals surface area contributed by atoms with Crippen LogP contribution in [0.15, 0.2) is 29.3 Å². The Hall–Kier alpha value is -2.59. The maximum atomic E-state index is 13.2. The highest BCUT2D eigenvalue weighted by molar-refractivity contribution is 7.15. The van der Waals surface area contributed by atoms with Crippen molar-refractivity contribution in [3.05, 3.63) is 62.5 Å². The number of benzene rings is 1. The quantitative estimate of drug-likeness (QED) is 0.577. The number of aliphatic imine (C=N–C) groups is 1. The minimum atomic E-state index is -0.445. The number of carbonyl (C=O) groups excluding carboxylic acids is 1. The molecule has 0 radical (unpaired) electrons. The molecule has 3 aromatic rings. The Morgan fingerprint density at radius 3 is 2.52 bits per heavy atom. The normalized spacial score (nSPS) is 18.5. The summed E-state index contributed by atoms with van der Waals surface area (Å²) in [6.45, 7) is 8.75. The molecule has 0 unspecified atom stereocenters. The third kappa shape index (κ3) is 3.99. The van der Waals surface area contributed by atoms with Crippen LogP contribution in [0.2, 0.25) is 5.02 Å². The van der Waals surface area contributed by atoms with Crippen molar-refractivity contribution in [1.82, 2.24) is 24.7 Å². The first kappa shape index (κ1) is 22.2. The van der Waals surface area contributed by atoms with Crippen LogP contribution >= 0.6 is 22.9 Å². The van der Waals surface area contributed by atoms with Gasteiger partial charge in [-0.05, 0) is 38.5 Å². The smallest absolute Gasteiger partial charge is 0.225 e. The minimum Gasteiger partial charge on any atom is -0.340 e. The Morgan fingerprint density at radius 2 is 1.82 bits per heavy atom. The molecule has 1 atom stereocenters. The van der Waals surface area contributed by atoms with Crippen LogP contribution in [0.3, 0.4) is 0 Å². The van der Waals surface area contributed by atoms with E-state index in [2.05, 4.69) is 28.6 Å². The van der Waals surface area contributed by atoms with E-state index in [-0.39, 0.29) is 12.3 Å². The molecule has 33 heavy (non-hydrogen) atoms. The van der Waals surface area contributed by atoms with Crippen LogP contribution < -0.4 is 5.84 Å². The molecule has 2 aromatic heterocycles. The molecule has 2 aliphatic heterocycles. The fourth-order valence-corrected chi connectivity index (χ4v) is 5.74. The summed E-state index contributed by atoms with van der Waals surface area (Å²) in [5.74, 6) is 7.41. The van der Waals surface area contributed by atoms with Crippen molar-refractivity contribution < 1.29 is 4.79 Å². The third-order valence-corrected chi connectivity index (χ3v) is 7.84. The Morgan fingerprint density at radius 1 is 1.12 bits per heavy atom. The Balaban J connectivity index is 1.62. The summed E-state index contributed by atoms with van der Waals surface area (Å²) in [6, 6.07) is 7.26. The summed E-state index contributed by atoms with van der Waals surface area (Å²) in [4.78, 5) is 21.5. The van der Waals surface area contributed by atoms with Crippen molar-refractivity contribution in [3.8, 4) is 5.00 Å². The Kier molecular flexibility index (Phi) is 5.82. The van der Waals surface area contributed by atoms with Crippen molar-refractivity contribution in [3.63, 3.8) is 0 Å². The van der Waals surface area contributed by atoms with Gasteiger partial charge in [-0.1, -0.05) is 23.7 Å². The molecule has 0 aliphatic carbocycles. The Labute approximate surface area is 201 Å². The monoisotopic (exact) mass is 483 g/mol. The molecule has 0 bridgehead atoms. The average Bonchev–Trinajstić information content (AvgIpc) is 3.27. The van der Waals surface area contributed by atoms with Crippen molar-refractivity contribution in [2.45, 2.75) is 33.2 Å². The third-order valence-electron chi connectivity index (χ3n) is 6.39. The standard InChI is InChI=1S/C23H26ClN7OS/c1-13-14(2)33-23-20(13)21(16-4-6-17(24)7-5-16)26-18(22-28-27-15(3)31(22)23)12-19(32)29-8-10-30(25)11-9-29/h4-7,18H,8-12,25H2,1-3H3/t18-/m0/s1. The van der Waals surface area contributed by atoms with E-state index in [0.717, 1.165) is 27.7 Å². The SMILES string of the molecule is Cc1sc2c(c1C)C(c1ccc(Cl)cc1)=N[C@@H](CC(=O)N1CCN(N)CC1)c1nnc(C)n1-2. The summed E-state index contributed by atoms with van der Waals surface area (Å²) < 4.78 is 2.07. The molecule has 1 amide bonds. The van der Waals surface area contributed by atoms with Gasteiger partial charge in [-0.25, -0.2) is 5.01 Å². The number of nitrogens with zero attached hydrogens (tertiary/aromatic N) is 6. The van der Waals surface area contributed by atoms with Crippen LogP contribution in [0.5, 0.6) is 0 Å². The van der Waals surface area contributed by atoms with Crippen molar-refractivity contribution >= 4 is 34.6 Å². The van der Waals surface area contributed by atoms with Crippen LogP contribution in [0.25, 0.3) is 5.00 Å². The molecule has 4 heterocycles. The lowest BCUT2D eigenvalue weighted by Crippen LogP contribution is -2.51. The van der Waals surface area contributed by atoms with Crippen molar-refractivity contribution in [1.29, 1.82) is 0 Å². The second kappa shape index (κ2) is 8.64. The molecule has 172 valence electrons. The molecule has 1 aromatic carbocycles. The van der Waals surface area contributed by atoms with E-state index in [0.29, 0.717) is 37.0 Å². The fraction of sp³-hybridized carbons (Fsp3) is 0.391. The van der Waals surface area contributed by atoms with Gasteiger partial charge in [0.15, 0.2) is 5.82 Å². The molecular weight excluding hydrogens is 458 g/mol. The number of carbonyl (C=O) groups is 1. The van der Waals surface area contributed by atoms with E-state index in [1.165, 1.54) is 10.4 Å². The summed E-state index contributed by atoms with van der Waals surface area (Å²) in [7, 11) is 0. The van der Waals surface area contributed by atoms with Crippen LogP contribution in [0.4, 0.5) is 0 Å². The molecule has 10 heteroatoms. The zero-order valence-electron chi connectivity index (χ0n) is 18.9. The van der Waals surface area contributed by atoms with Crippen LogP contribution in [-0.4, -0.2) is 62.5 Å². The van der Waals surface area contributed by atoms with Crippen molar-refractivity contribution in [2.24, 2.45) is 10.8 Å². The van der Waals surface area contributed by atoms with E-state index in [1.54, 1.807) is 16.3 Å². The van der Waals surface area contributed by atoms with Crippen LogP contribution in [0.1, 0.15) is 45.7 Å². The highest BCUT2D eigenvalue weighted by atomic mass is 35.5. The van der Waals surface area contributed by atoms with Gasteiger partial charge in [0.2, 0.25) is 5.91 Å². The number of hydrogen-bond donors (Lipinski definition) is 1. The summed E-state index contributed by atoms with van der Waals surface area (Å²) >= 11 is 7.87. The number of thiophene rings is 1. The highest BCUT2D eigenvalue weighted by Gasteiger charge is 2.33. The van der Waals surface area contributed by atoms with Gasteiger partial charge < -0.3 is 4.90 Å². The minimum absolute atomic E-state index is 0.0534. The zero-order chi connectivity index (χ0) is 23.3. The fourth-order valence-electron chi connectivity index (χ4n) is 4.40. The molecule has 2 aliphatic rings. The maximum absolute atomic E-state index is 13.2. The molecule has 1 fully saturated rings. The van der Waals surface area contributed by atoms with E-state index in [9.17, 15) is 4.79 Å². The summed E-state index contributed by atoms with van der Waals surface area (Å²) in [5, 5.41) is 12.3. The number of hydrogen-bond acceptors (Lipinski definition) is 7. The van der Waals surface area contributed by atoms with Gasteiger partial charge in [-0.3, -0.25) is 20.2 Å². The zero-order valence-corrected chi connectivity index (χ0v) is 20.4. The van der Waals surface area contributed by atoms with E-state index in [4.69, 9.17) is 22.4 Å². The second-order valence-corrected chi connectivity index (χ2v) is 10.2. The number of aryl methyl sites for hydroxylation is 2. The largest absolute Gasteiger partial charge is 0.340 e. The van der Waals surface area contributed by atoms with Crippen LogP contribution in [-0.2, 0) is 4.79 Å². The summed E-state index contributed by atoms with van der Waals surface area (Å²) in [5.41, 5.74) is 4.06. The number of amides is 1. The number of hydrazine groups is 1. The Bertz CT molecular complexity index is 1240. The van der Waals surface area contributed by atoms with Crippen LogP contribution in [0, 0.1) is 20.8 Å². The van der Waals surface area contributed by atoms with Crippen molar-refractivity contribution in [2.75, 3.05) is 26.2 Å². The van der Waals surface area contributed by atoms with Gasteiger partial charge in [0, 0.05) is 47.2 Å². The first-order valence-electron chi connectivity index (χ1n) is 11.0. The number of rotatable bonds is 3. The lowest BCUT2D eigenvalue weighted by atomic mass is 9.99. The summed E-state index contributed by atoms with van der Waals surface area (Å²) in [6.07, 6.45) is 0.229. The predicted octanol–water partition coefficient (Wildman–Crippen LogP) is 3.21. The molecule has 1 saturated heterocycles. The number of fused-ring (bicyclic) bond motifs is 3. The number of piperazine rings is 1. The highest BCUT2D eigenvalue weighted by Crippen LogP contribution is 2.39. The topological polar surface area (TPSA) is 92.6 Å². The molecular formula is C23H26ClN7OS. The molecule has 2 N–H and O–H groups in total. The second-order valence-electron chi connectivity index (χ2n) is 8.53. The van der Waals surface area contributed by atoms with E-state index in [1.807, 2.05) is 36.1 Å². The van der Waals surface area contributed by atoms with E-state index >= 15 is 0 Å². The lowest BCUT2D eigenvalue weighted by Gasteiger charge is -2.32. The molecule has 5 rings (SSSR count). The molecule has 0 spiro atoms. The molecule has 8 nitrogen and oxygen atoms in total. The predicted molar refractivity (Wildman–Crippen MR) is 130 cm³/mol.